The molecule has 7 nitrogen and oxygen atoms in total. The highest BCUT2D eigenvalue weighted by atomic mass is 32.2. The molecule has 0 unspecified atom stereocenters. The Morgan fingerprint density at radius 1 is 1.06 bits per heavy atom. The van der Waals surface area contributed by atoms with Crippen molar-refractivity contribution in [3.05, 3.63) is 52.3 Å². The van der Waals surface area contributed by atoms with Crippen molar-refractivity contribution in [2.24, 2.45) is 7.05 Å². The number of likely N-dealkylation sites (N-methyl/N-ethyl adjacent to an activating group) is 1. The molecule has 0 bridgehead atoms. The van der Waals surface area contributed by atoms with E-state index >= 15 is 0 Å². The molecule has 1 aliphatic rings. The third-order valence-corrected chi connectivity index (χ3v) is 6.60. The monoisotopic (exact) mass is 492 g/mol. The van der Waals surface area contributed by atoms with E-state index in [1.54, 1.807) is 43.8 Å². The highest BCUT2D eigenvalue weighted by Gasteiger charge is 2.38. The van der Waals surface area contributed by atoms with Crippen molar-refractivity contribution in [2.75, 3.05) is 37.0 Å². The molecular formula is C23H23F3N4O3S. The number of alkyl halides is 3. The Balaban J connectivity index is 1.84. The van der Waals surface area contributed by atoms with Crippen molar-refractivity contribution >= 4 is 45.8 Å². The van der Waals surface area contributed by atoms with Crippen LogP contribution in [0.2, 0.25) is 0 Å². The Labute approximate surface area is 198 Å². The molecule has 0 fully saturated rings. The number of fused-ring (bicyclic) bond motifs is 2. The molecule has 0 atom stereocenters. The SMILES string of the molecule is COc1cc(N2CCN(C)c3ccc(SNC(=O)C(F)(F)F)cc32)c2cc(C)c(=O)n(C)c2c1. The summed E-state index contributed by atoms with van der Waals surface area (Å²) in [6.07, 6.45) is -4.96. The highest BCUT2D eigenvalue weighted by Crippen LogP contribution is 2.43. The van der Waals surface area contributed by atoms with Crippen LogP contribution in [0.3, 0.4) is 0 Å². The lowest BCUT2D eigenvalue weighted by Gasteiger charge is -2.38. The molecule has 3 aromatic rings. The molecule has 0 saturated carbocycles. The number of benzene rings is 2. The van der Waals surface area contributed by atoms with Crippen LogP contribution in [0.1, 0.15) is 5.56 Å². The molecule has 34 heavy (non-hydrogen) atoms. The lowest BCUT2D eigenvalue weighted by molar-refractivity contribution is -0.171. The number of anilines is 3. The van der Waals surface area contributed by atoms with Gasteiger partial charge in [-0.1, -0.05) is 0 Å². The van der Waals surface area contributed by atoms with E-state index in [1.165, 1.54) is 0 Å². The number of rotatable bonds is 4. The van der Waals surface area contributed by atoms with Crippen LogP contribution >= 0.6 is 11.9 Å². The maximum atomic E-state index is 12.6. The quantitative estimate of drug-likeness (QED) is 0.553. The second kappa shape index (κ2) is 8.79. The Morgan fingerprint density at radius 3 is 2.47 bits per heavy atom. The van der Waals surface area contributed by atoms with Gasteiger partial charge in [-0.15, -0.1) is 0 Å². The van der Waals surface area contributed by atoms with E-state index in [4.69, 9.17) is 4.74 Å². The summed E-state index contributed by atoms with van der Waals surface area (Å²) >= 11 is 0.610. The van der Waals surface area contributed by atoms with Gasteiger partial charge in [0.05, 0.1) is 29.7 Å². The van der Waals surface area contributed by atoms with Gasteiger partial charge in [-0.05, 0) is 43.1 Å². The minimum Gasteiger partial charge on any atom is -0.497 e. The van der Waals surface area contributed by atoms with Gasteiger partial charge in [0.15, 0.2) is 0 Å². The van der Waals surface area contributed by atoms with Gasteiger partial charge in [-0.2, -0.15) is 13.2 Å². The van der Waals surface area contributed by atoms with Crippen LogP contribution in [0, 0.1) is 6.92 Å². The molecular weight excluding hydrogens is 469 g/mol. The van der Waals surface area contributed by atoms with E-state index in [0.29, 0.717) is 46.8 Å². The largest absolute Gasteiger partial charge is 0.497 e. The number of methoxy groups -OCH3 is 1. The van der Waals surface area contributed by atoms with E-state index in [-0.39, 0.29) is 5.56 Å². The summed E-state index contributed by atoms with van der Waals surface area (Å²) in [5.74, 6) is -1.44. The van der Waals surface area contributed by atoms with Gasteiger partial charge < -0.3 is 19.1 Å². The maximum Gasteiger partial charge on any atom is 0.472 e. The lowest BCUT2D eigenvalue weighted by Crippen LogP contribution is -2.36. The van der Waals surface area contributed by atoms with Crippen molar-refractivity contribution in [1.29, 1.82) is 0 Å². The molecule has 1 N–H and O–H groups in total. The van der Waals surface area contributed by atoms with Crippen molar-refractivity contribution in [1.82, 2.24) is 9.29 Å². The first kappa shape index (κ1) is 23.8. The number of carbonyl (C=O) groups is 1. The van der Waals surface area contributed by atoms with Gasteiger partial charge in [0.1, 0.15) is 5.75 Å². The number of nitrogens with one attached hydrogen (secondary N) is 1. The molecule has 1 aromatic heterocycles. The molecule has 1 aliphatic heterocycles. The molecule has 11 heteroatoms. The number of halogens is 3. The van der Waals surface area contributed by atoms with Crippen LogP contribution in [0.25, 0.3) is 10.9 Å². The zero-order valence-corrected chi connectivity index (χ0v) is 19.8. The lowest BCUT2D eigenvalue weighted by atomic mass is 10.1. The summed E-state index contributed by atoms with van der Waals surface area (Å²) in [6, 6.07) is 10.7. The summed E-state index contributed by atoms with van der Waals surface area (Å²) in [7, 11) is 5.19. The zero-order valence-electron chi connectivity index (χ0n) is 19.0. The van der Waals surface area contributed by atoms with Gasteiger partial charge in [-0.25, -0.2) is 0 Å². The Kier molecular flexibility index (Phi) is 6.15. The van der Waals surface area contributed by atoms with Gasteiger partial charge in [-0.3, -0.25) is 14.3 Å². The van der Waals surface area contributed by atoms with Crippen LogP contribution in [-0.4, -0.2) is 43.9 Å². The van der Waals surface area contributed by atoms with Crippen LogP contribution in [0.4, 0.5) is 30.2 Å². The standard InChI is InChI=1S/C23H23F3N4O3S/c1-13-9-16-18(29(3)21(13)31)10-14(33-4)11-19(16)30-8-7-28(2)17-6-5-15(12-20(17)30)34-27-22(32)23(24,25)26/h5-6,9-12H,7-8H2,1-4H3,(H,27,32). The minimum atomic E-state index is -4.96. The molecule has 2 aromatic carbocycles. The zero-order chi connectivity index (χ0) is 24.8. The fourth-order valence-electron chi connectivity index (χ4n) is 4.03. The van der Waals surface area contributed by atoms with E-state index in [9.17, 15) is 22.8 Å². The Bertz CT molecular complexity index is 1340. The average Bonchev–Trinajstić information content (AvgIpc) is 2.80. The number of aromatic nitrogens is 1. The van der Waals surface area contributed by atoms with Gasteiger partial charge in [0.2, 0.25) is 0 Å². The minimum absolute atomic E-state index is 0.107. The second-order valence-corrected chi connectivity index (χ2v) is 8.91. The Morgan fingerprint density at radius 2 is 1.79 bits per heavy atom. The summed E-state index contributed by atoms with van der Waals surface area (Å²) < 4.78 is 46.7. The fourth-order valence-corrected chi connectivity index (χ4v) is 4.66. The molecule has 0 spiro atoms. The molecule has 4 rings (SSSR count). The first-order valence-electron chi connectivity index (χ1n) is 10.4. The van der Waals surface area contributed by atoms with Gasteiger partial charge in [0.25, 0.3) is 5.56 Å². The summed E-state index contributed by atoms with van der Waals surface area (Å²) in [5.41, 5.74) is 3.65. The number of hydrogen-bond donors (Lipinski definition) is 1. The fraction of sp³-hybridized carbons (Fsp3) is 0.304. The molecule has 1 amide bonds. The second-order valence-electron chi connectivity index (χ2n) is 8.03. The van der Waals surface area contributed by atoms with Crippen molar-refractivity contribution < 1.29 is 22.7 Å². The third-order valence-electron chi connectivity index (χ3n) is 5.83. The third kappa shape index (κ3) is 4.27. The summed E-state index contributed by atoms with van der Waals surface area (Å²) in [4.78, 5) is 28.4. The van der Waals surface area contributed by atoms with Crippen molar-refractivity contribution in [2.45, 2.75) is 18.0 Å². The van der Waals surface area contributed by atoms with Crippen LogP contribution in [0.15, 0.2) is 46.1 Å². The highest BCUT2D eigenvalue weighted by molar-refractivity contribution is 7.98. The molecule has 0 aliphatic carbocycles. The number of amides is 1. The maximum absolute atomic E-state index is 12.6. The number of aryl methyl sites for hydroxylation is 2. The van der Waals surface area contributed by atoms with Crippen LogP contribution in [0.5, 0.6) is 5.75 Å². The number of carbonyl (C=O) groups excluding carboxylic acids is 1. The van der Waals surface area contributed by atoms with E-state index in [0.717, 1.165) is 22.4 Å². The number of ether oxygens (including phenoxy) is 1. The predicted molar refractivity (Wildman–Crippen MR) is 127 cm³/mol. The van der Waals surface area contributed by atoms with E-state index in [1.807, 2.05) is 30.0 Å². The van der Waals surface area contributed by atoms with Crippen LogP contribution in [-0.2, 0) is 11.8 Å². The Hall–Kier alpha value is -3.34. The number of nitrogens with zero attached hydrogens (tertiary/aromatic N) is 3. The predicted octanol–water partition coefficient (Wildman–Crippen LogP) is 4.13. The molecule has 0 saturated heterocycles. The molecule has 0 radical (unpaired) electrons. The first-order chi connectivity index (χ1) is 16.0. The van der Waals surface area contributed by atoms with Gasteiger partial charge in [0, 0.05) is 55.2 Å². The topological polar surface area (TPSA) is 66.8 Å². The molecule has 180 valence electrons. The van der Waals surface area contributed by atoms with Crippen LogP contribution < -0.4 is 24.8 Å². The van der Waals surface area contributed by atoms with Crippen molar-refractivity contribution in [3.8, 4) is 5.75 Å². The molecule has 2 heterocycles. The van der Waals surface area contributed by atoms with E-state index in [2.05, 4.69) is 9.80 Å². The number of pyridine rings is 1. The number of hydrogen-bond acceptors (Lipinski definition) is 6. The van der Waals surface area contributed by atoms with Gasteiger partial charge >= 0.3 is 12.1 Å². The average molecular weight is 493 g/mol. The van der Waals surface area contributed by atoms with Crippen molar-refractivity contribution in [3.63, 3.8) is 0 Å². The summed E-state index contributed by atoms with van der Waals surface area (Å²) in [5, 5.41) is 0.847. The smallest absolute Gasteiger partial charge is 0.472 e. The van der Waals surface area contributed by atoms with E-state index < -0.39 is 12.1 Å². The summed E-state index contributed by atoms with van der Waals surface area (Å²) in [6.45, 7) is 3.05. The normalized spacial score (nSPS) is 13.7. The first-order valence-corrected chi connectivity index (χ1v) is 11.2.